The molecule has 0 amide bonds. The van der Waals surface area contributed by atoms with E-state index in [-0.39, 0.29) is 22.6 Å². The standard InChI is InChI=1S/C12H12ClN3O2/c13-12-15-10-5-8(17)1-2-9(10)11(18)16(12)7-3-4-14-6-7/h1-2,5,7,14,17H,3-4,6H2. The monoisotopic (exact) mass is 265 g/mol. The van der Waals surface area contributed by atoms with E-state index in [0.29, 0.717) is 10.9 Å². The first kappa shape index (κ1) is 11.5. The number of phenols is 1. The van der Waals surface area contributed by atoms with Crippen LogP contribution in [-0.2, 0) is 0 Å². The second-order valence-electron chi connectivity index (χ2n) is 4.40. The third kappa shape index (κ3) is 1.76. The second-order valence-corrected chi connectivity index (χ2v) is 4.74. The molecular formula is C12H12ClN3O2. The highest BCUT2D eigenvalue weighted by molar-refractivity contribution is 6.28. The summed E-state index contributed by atoms with van der Waals surface area (Å²) in [7, 11) is 0. The molecule has 1 aliphatic rings. The van der Waals surface area contributed by atoms with E-state index < -0.39 is 0 Å². The van der Waals surface area contributed by atoms with E-state index >= 15 is 0 Å². The molecular weight excluding hydrogens is 254 g/mol. The minimum atomic E-state index is -0.154. The van der Waals surface area contributed by atoms with Gasteiger partial charge in [-0.25, -0.2) is 4.98 Å². The number of benzene rings is 1. The highest BCUT2D eigenvalue weighted by Gasteiger charge is 2.21. The molecule has 6 heteroatoms. The van der Waals surface area contributed by atoms with Crippen molar-refractivity contribution in [2.24, 2.45) is 0 Å². The zero-order valence-corrected chi connectivity index (χ0v) is 10.3. The van der Waals surface area contributed by atoms with E-state index in [1.54, 1.807) is 6.07 Å². The van der Waals surface area contributed by atoms with Gasteiger partial charge in [-0.2, -0.15) is 0 Å². The lowest BCUT2D eigenvalue weighted by Gasteiger charge is -2.15. The van der Waals surface area contributed by atoms with E-state index in [2.05, 4.69) is 10.3 Å². The fraction of sp³-hybridized carbons (Fsp3) is 0.333. The second kappa shape index (κ2) is 4.26. The summed E-state index contributed by atoms with van der Waals surface area (Å²) in [6, 6.07) is 4.56. The Kier molecular flexibility index (Phi) is 2.72. The molecule has 0 spiro atoms. The summed E-state index contributed by atoms with van der Waals surface area (Å²) >= 11 is 6.08. The summed E-state index contributed by atoms with van der Waals surface area (Å²) in [5, 5.41) is 13.2. The number of phenolic OH excluding ortho intramolecular Hbond substituents is 1. The van der Waals surface area contributed by atoms with Gasteiger partial charge in [-0.15, -0.1) is 0 Å². The molecule has 1 saturated heterocycles. The largest absolute Gasteiger partial charge is 0.508 e. The molecule has 0 bridgehead atoms. The van der Waals surface area contributed by atoms with Crippen molar-refractivity contribution in [3.05, 3.63) is 33.8 Å². The van der Waals surface area contributed by atoms with Gasteiger partial charge in [-0.1, -0.05) is 0 Å². The van der Waals surface area contributed by atoms with Crippen LogP contribution in [0, 0.1) is 0 Å². The van der Waals surface area contributed by atoms with Crippen molar-refractivity contribution in [1.29, 1.82) is 0 Å². The molecule has 0 radical (unpaired) electrons. The third-order valence-corrected chi connectivity index (χ3v) is 3.51. The molecule has 1 unspecified atom stereocenters. The van der Waals surface area contributed by atoms with Gasteiger partial charge < -0.3 is 10.4 Å². The lowest BCUT2D eigenvalue weighted by atomic mass is 10.2. The number of hydrogen-bond donors (Lipinski definition) is 2. The van der Waals surface area contributed by atoms with Gasteiger partial charge in [0.15, 0.2) is 0 Å². The summed E-state index contributed by atoms with van der Waals surface area (Å²) in [5.41, 5.74) is 0.269. The molecule has 0 aliphatic carbocycles. The molecule has 5 nitrogen and oxygen atoms in total. The van der Waals surface area contributed by atoms with Crippen LogP contribution in [0.1, 0.15) is 12.5 Å². The highest BCUT2D eigenvalue weighted by atomic mass is 35.5. The molecule has 3 rings (SSSR count). The van der Waals surface area contributed by atoms with Gasteiger partial charge >= 0.3 is 0 Å². The molecule has 1 aliphatic heterocycles. The van der Waals surface area contributed by atoms with E-state index in [1.165, 1.54) is 16.7 Å². The van der Waals surface area contributed by atoms with E-state index in [1.807, 2.05) is 0 Å². The maximum Gasteiger partial charge on any atom is 0.262 e. The van der Waals surface area contributed by atoms with Crippen molar-refractivity contribution < 1.29 is 5.11 Å². The lowest BCUT2D eigenvalue weighted by Crippen LogP contribution is -2.27. The molecule has 0 saturated carbocycles. The average Bonchev–Trinajstić information content (AvgIpc) is 2.82. The smallest absolute Gasteiger partial charge is 0.262 e. The normalized spacial score (nSPS) is 19.5. The van der Waals surface area contributed by atoms with Gasteiger partial charge in [0.05, 0.1) is 16.9 Å². The Labute approximate surface area is 108 Å². The molecule has 2 N–H and O–H groups in total. The molecule has 94 valence electrons. The minimum Gasteiger partial charge on any atom is -0.508 e. The highest BCUT2D eigenvalue weighted by Crippen LogP contribution is 2.21. The topological polar surface area (TPSA) is 67.1 Å². The summed E-state index contributed by atoms with van der Waals surface area (Å²) in [6.07, 6.45) is 0.866. The summed E-state index contributed by atoms with van der Waals surface area (Å²) in [4.78, 5) is 16.6. The molecule has 18 heavy (non-hydrogen) atoms. The van der Waals surface area contributed by atoms with Crippen LogP contribution in [0.3, 0.4) is 0 Å². The Morgan fingerprint density at radius 1 is 1.50 bits per heavy atom. The number of aromatic hydroxyl groups is 1. The Bertz CT molecular complexity index is 662. The fourth-order valence-electron chi connectivity index (χ4n) is 2.34. The van der Waals surface area contributed by atoms with Gasteiger partial charge in [0.2, 0.25) is 5.28 Å². The van der Waals surface area contributed by atoms with E-state index in [0.717, 1.165) is 19.5 Å². The van der Waals surface area contributed by atoms with Gasteiger partial charge in [0.1, 0.15) is 5.75 Å². The van der Waals surface area contributed by atoms with Crippen LogP contribution in [0.5, 0.6) is 5.75 Å². The van der Waals surface area contributed by atoms with Crippen LogP contribution in [0.4, 0.5) is 0 Å². The Morgan fingerprint density at radius 3 is 3.06 bits per heavy atom. The Balaban J connectivity index is 2.26. The number of halogens is 1. The van der Waals surface area contributed by atoms with Gasteiger partial charge in [0.25, 0.3) is 5.56 Å². The summed E-state index contributed by atoms with van der Waals surface area (Å²) in [5.74, 6) is 0.0748. The molecule has 1 fully saturated rings. The average molecular weight is 266 g/mol. The van der Waals surface area contributed by atoms with Crippen molar-refractivity contribution in [3.63, 3.8) is 0 Å². The Hall–Kier alpha value is -1.59. The zero-order valence-electron chi connectivity index (χ0n) is 9.56. The van der Waals surface area contributed by atoms with Crippen LogP contribution >= 0.6 is 11.6 Å². The SMILES string of the molecule is O=c1c2ccc(O)cc2nc(Cl)n1C1CCNC1. The van der Waals surface area contributed by atoms with Crippen LogP contribution in [0.25, 0.3) is 10.9 Å². The summed E-state index contributed by atoms with van der Waals surface area (Å²) < 4.78 is 1.53. The zero-order chi connectivity index (χ0) is 12.7. The van der Waals surface area contributed by atoms with Crippen LogP contribution in [0.15, 0.2) is 23.0 Å². The number of nitrogens with one attached hydrogen (secondary N) is 1. The Morgan fingerprint density at radius 2 is 2.33 bits per heavy atom. The van der Waals surface area contributed by atoms with E-state index in [4.69, 9.17) is 11.6 Å². The van der Waals surface area contributed by atoms with Gasteiger partial charge in [-0.3, -0.25) is 9.36 Å². The predicted molar refractivity (Wildman–Crippen MR) is 69.2 cm³/mol. The lowest BCUT2D eigenvalue weighted by molar-refractivity contribution is 0.476. The maximum atomic E-state index is 12.4. The number of rotatable bonds is 1. The van der Waals surface area contributed by atoms with Crippen molar-refractivity contribution in [2.75, 3.05) is 13.1 Å². The van der Waals surface area contributed by atoms with Crippen molar-refractivity contribution in [3.8, 4) is 5.75 Å². The maximum absolute atomic E-state index is 12.4. The number of hydrogen-bond acceptors (Lipinski definition) is 4. The summed E-state index contributed by atoms with van der Waals surface area (Å²) in [6.45, 7) is 1.60. The fourth-order valence-corrected chi connectivity index (χ4v) is 2.64. The van der Waals surface area contributed by atoms with Crippen molar-refractivity contribution in [1.82, 2.24) is 14.9 Å². The van der Waals surface area contributed by atoms with Crippen LogP contribution < -0.4 is 10.9 Å². The van der Waals surface area contributed by atoms with Crippen LogP contribution in [0.2, 0.25) is 5.28 Å². The predicted octanol–water partition coefficient (Wildman–Crippen LogP) is 1.29. The van der Waals surface area contributed by atoms with Gasteiger partial charge in [-0.05, 0) is 36.7 Å². The molecule has 2 heterocycles. The molecule has 1 aromatic carbocycles. The van der Waals surface area contributed by atoms with Crippen molar-refractivity contribution in [2.45, 2.75) is 12.5 Å². The molecule has 1 atom stereocenters. The number of fused-ring (bicyclic) bond motifs is 1. The van der Waals surface area contributed by atoms with Gasteiger partial charge in [0, 0.05) is 12.6 Å². The first-order valence-corrected chi connectivity index (χ1v) is 6.16. The van der Waals surface area contributed by atoms with Crippen molar-refractivity contribution >= 4 is 22.5 Å². The first-order valence-electron chi connectivity index (χ1n) is 5.78. The molecule has 2 aromatic rings. The number of nitrogens with zero attached hydrogens (tertiary/aromatic N) is 2. The quantitative estimate of drug-likeness (QED) is 0.763. The molecule has 1 aromatic heterocycles. The first-order chi connectivity index (χ1) is 8.66. The van der Waals surface area contributed by atoms with Crippen LogP contribution in [-0.4, -0.2) is 27.7 Å². The number of aromatic nitrogens is 2. The van der Waals surface area contributed by atoms with E-state index in [9.17, 15) is 9.90 Å². The third-order valence-electron chi connectivity index (χ3n) is 3.24. The minimum absolute atomic E-state index is 0.0516.